The second kappa shape index (κ2) is 61.6. The number of unbranched alkanes of at least 4 members (excludes halogenated alkanes) is 29. The quantitative estimate of drug-likeness (QED) is 0.0199. The van der Waals surface area contributed by atoms with E-state index in [0.717, 1.165) is 122 Å². The summed E-state index contributed by atoms with van der Waals surface area (Å²) in [6.45, 7) is 6.46. The Hall–Kier alpha value is -3.93. The van der Waals surface area contributed by atoms with E-state index in [0.29, 0.717) is 19.3 Å². The van der Waals surface area contributed by atoms with Gasteiger partial charge in [0.05, 0.1) is 0 Å². The molecule has 0 N–H and O–H groups in total. The average molecular weight is 1030 g/mol. The third-order valence-corrected chi connectivity index (χ3v) is 13.1. The molecule has 1 atom stereocenters. The largest absolute Gasteiger partial charge is 0.462 e. The third-order valence-electron chi connectivity index (χ3n) is 13.1. The highest BCUT2D eigenvalue weighted by Crippen LogP contribution is 2.16. The Labute approximate surface area is 457 Å². The van der Waals surface area contributed by atoms with Gasteiger partial charge in [-0.3, -0.25) is 14.4 Å². The maximum absolute atomic E-state index is 12.9. The molecule has 0 rings (SSSR count). The molecule has 0 aromatic heterocycles. The number of carbonyl (C=O) groups is 3. The predicted octanol–water partition coefficient (Wildman–Crippen LogP) is 21.0. The fraction of sp³-hybridized carbons (Fsp3) is 0.691. The van der Waals surface area contributed by atoms with Crippen LogP contribution in [0.15, 0.2) is 109 Å². The monoisotopic (exact) mass is 1030 g/mol. The number of carbonyl (C=O) groups excluding carboxylic acids is 3. The lowest BCUT2D eigenvalue weighted by Gasteiger charge is -2.18. The zero-order valence-corrected chi connectivity index (χ0v) is 48.3. The fourth-order valence-electron chi connectivity index (χ4n) is 8.48. The van der Waals surface area contributed by atoms with Gasteiger partial charge in [-0.05, 0) is 89.9 Å². The summed E-state index contributed by atoms with van der Waals surface area (Å²) < 4.78 is 16.9. The summed E-state index contributed by atoms with van der Waals surface area (Å²) in [4.78, 5) is 38.3. The van der Waals surface area contributed by atoms with Crippen molar-refractivity contribution in [1.29, 1.82) is 0 Å². The van der Waals surface area contributed by atoms with Crippen molar-refractivity contribution in [2.75, 3.05) is 13.2 Å². The van der Waals surface area contributed by atoms with E-state index in [1.165, 1.54) is 122 Å². The molecule has 0 saturated heterocycles. The van der Waals surface area contributed by atoms with Gasteiger partial charge in [0.2, 0.25) is 0 Å². The molecule has 0 spiro atoms. The summed E-state index contributed by atoms with van der Waals surface area (Å²) in [5.41, 5.74) is 0. The van der Waals surface area contributed by atoms with Crippen molar-refractivity contribution in [2.24, 2.45) is 0 Å². The van der Waals surface area contributed by atoms with E-state index in [9.17, 15) is 14.4 Å². The van der Waals surface area contributed by atoms with Crippen molar-refractivity contribution in [3.8, 4) is 0 Å². The molecule has 0 aliphatic rings. The summed E-state index contributed by atoms with van der Waals surface area (Å²) in [7, 11) is 0. The molecule has 0 aromatic rings. The van der Waals surface area contributed by atoms with Gasteiger partial charge in [0, 0.05) is 19.3 Å². The predicted molar refractivity (Wildman–Crippen MR) is 320 cm³/mol. The second-order valence-corrected chi connectivity index (χ2v) is 20.3. The molecule has 0 amide bonds. The minimum absolute atomic E-state index is 0.101. The molecule has 0 fully saturated rings. The first kappa shape index (κ1) is 70.1. The van der Waals surface area contributed by atoms with Crippen LogP contribution in [-0.2, 0) is 28.6 Å². The van der Waals surface area contributed by atoms with Crippen LogP contribution in [0.25, 0.3) is 0 Å². The number of esters is 3. The molecule has 0 aliphatic heterocycles. The smallest absolute Gasteiger partial charge is 0.306 e. The van der Waals surface area contributed by atoms with E-state index >= 15 is 0 Å². The topological polar surface area (TPSA) is 78.9 Å². The average Bonchev–Trinajstić information content (AvgIpc) is 3.40. The maximum Gasteiger partial charge on any atom is 0.306 e. The molecule has 1 unspecified atom stereocenters. The van der Waals surface area contributed by atoms with Crippen LogP contribution in [0, 0.1) is 0 Å². The van der Waals surface area contributed by atoms with E-state index in [1.54, 1.807) is 0 Å². The molecule has 0 aliphatic carbocycles. The Bertz CT molecular complexity index is 1510. The first-order valence-corrected chi connectivity index (χ1v) is 30.9. The molecular weight excluding hydrogens is 913 g/mol. The van der Waals surface area contributed by atoms with Crippen LogP contribution in [0.1, 0.15) is 284 Å². The van der Waals surface area contributed by atoms with Crippen molar-refractivity contribution < 1.29 is 28.6 Å². The number of hydrogen-bond donors (Lipinski definition) is 0. The van der Waals surface area contributed by atoms with Gasteiger partial charge < -0.3 is 14.2 Å². The minimum atomic E-state index is -0.804. The van der Waals surface area contributed by atoms with E-state index in [2.05, 4.69) is 130 Å². The Kier molecular flexibility index (Phi) is 58.3. The lowest BCUT2D eigenvalue weighted by Crippen LogP contribution is -2.30. The van der Waals surface area contributed by atoms with Gasteiger partial charge in [-0.25, -0.2) is 0 Å². The van der Waals surface area contributed by atoms with Crippen LogP contribution in [0.2, 0.25) is 0 Å². The lowest BCUT2D eigenvalue weighted by molar-refractivity contribution is -0.167. The van der Waals surface area contributed by atoms with E-state index in [4.69, 9.17) is 14.2 Å². The minimum Gasteiger partial charge on any atom is -0.462 e. The summed E-state index contributed by atoms with van der Waals surface area (Å²) in [5.74, 6) is -0.946. The normalized spacial score (nSPS) is 12.9. The van der Waals surface area contributed by atoms with Gasteiger partial charge in [-0.2, -0.15) is 0 Å². The van der Waals surface area contributed by atoms with Crippen LogP contribution in [0.3, 0.4) is 0 Å². The van der Waals surface area contributed by atoms with Crippen LogP contribution >= 0.6 is 0 Å². The fourth-order valence-corrected chi connectivity index (χ4v) is 8.48. The summed E-state index contributed by atoms with van der Waals surface area (Å²) in [6, 6.07) is 0. The molecule has 0 bridgehead atoms. The van der Waals surface area contributed by atoms with E-state index in [1.807, 2.05) is 0 Å². The van der Waals surface area contributed by atoms with Crippen molar-refractivity contribution in [1.82, 2.24) is 0 Å². The Morgan fingerprint density at radius 3 is 0.986 bits per heavy atom. The maximum atomic E-state index is 12.9. The SMILES string of the molecule is CC/C=C\C/C=C\C/C=C\C/C=C\C/C=C\CCCCCC(=O)OCC(COC(=O)CCCCCCC\C=C/C=C\C=C/C=C\CCCCC)OC(=O)CCCCCCCCCCCCCCCCCCCCC. The summed E-state index contributed by atoms with van der Waals surface area (Å²) in [5, 5.41) is 0. The molecule has 6 nitrogen and oxygen atoms in total. The zero-order chi connectivity index (χ0) is 53.6. The first-order chi connectivity index (χ1) is 36.5. The van der Waals surface area contributed by atoms with E-state index in [-0.39, 0.29) is 31.1 Å². The number of rotatable bonds is 55. The highest BCUT2D eigenvalue weighted by molar-refractivity contribution is 5.71. The van der Waals surface area contributed by atoms with Crippen LogP contribution in [-0.4, -0.2) is 37.2 Å². The van der Waals surface area contributed by atoms with Crippen molar-refractivity contribution in [3.05, 3.63) is 109 Å². The molecule has 0 aromatic carbocycles. The summed E-state index contributed by atoms with van der Waals surface area (Å²) in [6.07, 6.45) is 83.6. The first-order valence-electron chi connectivity index (χ1n) is 30.9. The summed E-state index contributed by atoms with van der Waals surface area (Å²) >= 11 is 0. The van der Waals surface area contributed by atoms with E-state index < -0.39 is 6.10 Å². The Morgan fingerprint density at radius 2 is 0.581 bits per heavy atom. The molecule has 6 heteroatoms. The van der Waals surface area contributed by atoms with Crippen molar-refractivity contribution >= 4 is 17.9 Å². The van der Waals surface area contributed by atoms with Crippen molar-refractivity contribution in [3.63, 3.8) is 0 Å². The van der Waals surface area contributed by atoms with Gasteiger partial charge in [0.15, 0.2) is 6.10 Å². The van der Waals surface area contributed by atoms with Gasteiger partial charge in [0.1, 0.15) is 13.2 Å². The number of allylic oxidation sites excluding steroid dienone is 18. The Morgan fingerprint density at radius 1 is 0.297 bits per heavy atom. The van der Waals surface area contributed by atoms with Crippen molar-refractivity contribution in [2.45, 2.75) is 290 Å². The second-order valence-electron chi connectivity index (χ2n) is 20.3. The van der Waals surface area contributed by atoms with Gasteiger partial charge in [0.25, 0.3) is 0 Å². The zero-order valence-electron chi connectivity index (χ0n) is 48.3. The number of hydrogen-bond acceptors (Lipinski definition) is 6. The molecule has 74 heavy (non-hydrogen) atoms. The van der Waals surface area contributed by atoms with Crippen LogP contribution < -0.4 is 0 Å². The Balaban J connectivity index is 4.49. The molecule has 0 saturated carbocycles. The molecular formula is C68H114O6. The standard InChI is InChI=1S/C68H114O6/c1-4-7-10-13-16-19-22-25-28-31-34-37-40-43-46-49-52-55-58-61-67(70)73-64-65(63-72-66(69)60-57-54-51-48-45-42-39-36-33-30-27-24-21-18-15-12-9-6-3)74-68(71)62-59-56-53-50-47-44-41-38-35-32-29-26-23-20-17-14-11-8-5-2/h7,10,16,18-19,21,24-25,27-28,30,33-34,36-37,39,43,46,65H,4-6,8-9,11-15,17,20,22-23,26,29,31-32,35,38,40-42,44-45,47-64H2,1-3H3/b10-7-,19-16-,21-18-,27-24-,28-25-,33-30-,37-34-,39-36-,46-43-. The lowest BCUT2D eigenvalue weighted by atomic mass is 10.0. The highest BCUT2D eigenvalue weighted by atomic mass is 16.6. The van der Waals surface area contributed by atoms with Gasteiger partial charge in [-0.15, -0.1) is 0 Å². The highest BCUT2D eigenvalue weighted by Gasteiger charge is 2.19. The van der Waals surface area contributed by atoms with Crippen LogP contribution in [0.5, 0.6) is 0 Å². The third kappa shape index (κ3) is 59.0. The molecule has 422 valence electrons. The van der Waals surface area contributed by atoms with Gasteiger partial charge in [-0.1, -0.05) is 284 Å². The number of ether oxygens (including phenoxy) is 3. The molecule has 0 radical (unpaired) electrons. The van der Waals surface area contributed by atoms with Crippen LogP contribution in [0.4, 0.5) is 0 Å². The molecule has 0 heterocycles. The van der Waals surface area contributed by atoms with Gasteiger partial charge >= 0.3 is 17.9 Å².